The molecule has 2 fully saturated rings. The lowest BCUT2D eigenvalue weighted by molar-refractivity contribution is 0.155. The molecule has 0 radical (unpaired) electrons. The third-order valence-corrected chi connectivity index (χ3v) is 5.88. The van der Waals surface area contributed by atoms with Crippen molar-refractivity contribution in [2.45, 2.75) is 57.8 Å². The zero-order valence-electron chi connectivity index (χ0n) is 13.8. The van der Waals surface area contributed by atoms with Crippen LogP contribution in [0.25, 0.3) is 10.8 Å². The van der Waals surface area contributed by atoms with Gasteiger partial charge in [-0.3, -0.25) is 0 Å². The minimum absolute atomic E-state index is 0.0967. The first-order valence-electron chi connectivity index (χ1n) is 8.58. The fourth-order valence-corrected chi connectivity index (χ4v) is 4.66. The number of anilines is 1. The van der Waals surface area contributed by atoms with Crippen LogP contribution in [-0.4, -0.2) is 40.7 Å². The summed E-state index contributed by atoms with van der Waals surface area (Å²) in [7, 11) is 0. The molecule has 120 valence electrons. The van der Waals surface area contributed by atoms with E-state index in [0.29, 0.717) is 18.1 Å². The van der Waals surface area contributed by atoms with Crippen molar-refractivity contribution >= 4 is 16.6 Å². The van der Waals surface area contributed by atoms with Crippen molar-refractivity contribution in [3.05, 3.63) is 23.5 Å². The predicted octanol–water partition coefficient (Wildman–Crippen LogP) is 2.34. The third-order valence-electron chi connectivity index (χ3n) is 5.88. The van der Waals surface area contributed by atoms with Gasteiger partial charge in [0.1, 0.15) is 11.9 Å². The number of ether oxygens (including phenoxy) is 1. The fraction of sp³-hybridized carbons (Fsp3) is 0.556. The first-order valence-corrected chi connectivity index (χ1v) is 8.58. The number of piperazine rings is 1. The van der Waals surface area contributed by atoms with Gasteiger partial charge in [0.25, 0.3) is 0 Å². The van der Waals surface area contributed by atoms with Gasteiger partial charge in [0.15, 0.2) is 0 Å². The number of hydrogen-bond donors (Lipinski definition) is 1. The summed E-state index contributed by atoms with van der Waals surface area (Å²) in [5.74, 6) is 1.81. The Balaban J connectivity index is 1.81. The van der Waals surface area contributed by atoms with Gasteiger partial charge in [-0.25, -0.2) is 9.97 Å². The van der Waals surface area contributed by atoms with Gasteiger partial charge in [-0.15, -0.1) is 0 Å². The average Bonchev–Trinajstić information content (AvgIpc) is 2.86. The van der Waals surface area contributed by atoms with Crippen LogP contribution in [0, 0.1) is 13.8 Å². The summed E-state index contributed by atoms with van der Waals surface area (Å²) in [6, 6.07) is 3.47. The van der Waals surface area contributed by atoms with Crippen LogP contribution < -0.4 is 15.0 Å². The smallest absolute Gasteiger partial charge is 0.225 e. The van der Waals surface area contributed by atoms with E-state index in [9.17, 15) is 0 Å². The molecule has 5 rings (SSSR count). The minimum atomic E-state index is 0.0967. The van der Waals surface area contributed by atoms with Crippen LogP contribution in [-0.2, 0) is 0 Å². The SMILES string of the molecule is Cc1nc2c3c(nccc3c1C)OC(C)C1C3CCC(CN21)N3. The summed E-state index contributed by atoms with van der Waals surface area (Å²) in [6.07, 6.45) is 4.42. The van der Waals surface area contributed by atoms with Gasteiger partial charge in [-0.05, 0) is 50.6 Å². The Morgan fingerprint density at radius 1 is 1.30 bits per heavy atom. The summed E-state index contributed by atoms with van der Waals surface area (Å²) in [5.41, 5.74) is 2.32. The summed E-state index contributed by atoms with van der Waals surface area (Å²) < 4.78 is 6.31. The second-order valence-electron chi connectivity index (χ2n) is 7.20. The molecule has 0 aliphatic carbocycles. The normalized spacial score (nSPS) is 31.7. The highest BCUT2D eigenvalue weighted by Gasteiger charge is 2.46. The average molecular weight is 310 g/mol. The number of aromatic nitrogens is 2. The van der Waals surface area contributed by atoms with E-state index >= 15 is 0 Å². The van der Waals surface area contributed by atoms with Crippen molar-refractivity contribution in [2.75, 3.05) is 11.4 Å². The molecule has 23 heavy (non-hydrogen) atoms. The van der Waals surface area contributed by atoms with Crippen LogP contribution in [0.2, 0.25) is 0 Å². The Morgan fingerprint density at radius 3 is 3.04 bits per heavy atom. The van der Waals surface area contributed by atoms with E-state index in [2.05, 4.69) is 42.0 Å². The van der Waals surface area contributed by atoms with Gasteiger partial charge in [0.2, 0.25) is 5.88 Å². The van der Waals surface area contributed by atoms with Gasteiger partial charge in [0.05, 0.1) is 11.4 Å². The molecule has 0 saturated carbocycles. The molecule has 4 atom stereocenters. The number of fused-ring (bicyclic) bond motifs is 5. The van der Waals surface area contributed by atoms with Crippen molar-refractivity contribution in [3.63, 3.8) is 0 Å². The Kier molecular flexibility index (Phi) is 2.69. The zero-order chi connectivity index (χ0) is 15.7. The highest BCUT2D eigenvalue weighted by Crippen LogP contribution is 2.42. The van der Waals surface area contributed by atoms with E-state index in [0.717, 1.165) is 29.3 Å². The second kappa shape index (κ2) is 4.57. The number of rotatable bonds is 0. The molecule has 2 aromatic rings. The number of nitrogens with zero attached hydrogens (tertiary/aromatic N) is 3. The van der Waals surface area contributed by atoms with E-state index in [4.69, 9.17) is 9.72 Å². The maximum absolute atomic E-state index is 6.31. The van der Waals surface area contributed by atoms with Crippen LogP contribution in [0.5, 0.6) is 5.88 Å². The topological polar surface area (TPSA) is 50.3 Å². The molecule has 5 heteroatoms. The van der Waals surface area contributed by atoms with Gasteiger partial charge >= 0.3 is 0 Å². The quantitative estimate of drug-likeness (QED) is 0.809. The first kappa shape index (κ1) is 13.5. The highest BCUT2D eigenvalue weighted by molar-refractivity contribution is 5.99. The van der Waals surface area contributed by atoms with Crippen molar-refractivity contribution in [1.82, 2.24) is 15.3 Å². The molecule has 0 amide bonds. The molecule has 2 bridgehead atoms. The van der Waals surface area contributed by atoms with E-state index in [1.54, 1.807) is 0 Å². The van der Waals surface area contributed by atoms with Crippen LogP contribution in [0.1, 0.15) is 31.0 Å². The van der Waals surface area contributed by atoms with Crippen molar-refractivity contribution in [3.8, 4) is 5.88 Å². The molecule has 2 aromatic heterocycles. The largest absolute Gasteiger partial charge is 0.472 e. The molecule has 5 heterocycles. The molecule has 0 aromatic carbocycles. The van der Waals surface area contributed by atoms with Crippen molar-refractivity contribution in [1.29, 1.82) is 0 Å². The van der Waals surface area contributed by atoms with Gasteiger partial charge in [-0.2, -0.15) is 0 Å². The van der Waals surface area contributed by atoms with E-state index in [-0.39, 0.29) is 6.10 Å². The number of nitrogens with one attached hydrogen (secondary N) is 1. The minimum Gasteiger partial charge on any atom is -0.472 e. The summed E-state index contributed by atoms with van der Waals surface area (Å²) in [5, 5.41) is 6.07. The molecule has 3 aliphatic rings. The fourth-order valence-electron chi connectivity index (χ4n) is 4.66. The lowest BCUT2D eigenvalue weighted by Gasteiger charge is -2.43. The Bertz CT molecular complexity index is 805. The van der Waals surface area contributed by atoms with Gasteiger partial charge in [-0.1, -0.05) is 0 Å². The van der Waals surface area contributed by atoms with Crippen LogP contribution >= 0.6 is 0 Å². The maximum atomic E-state index is 6.31. The summed E-state index contributed by atoms with van der Waals surface area (Å²) in [6.45, 7) is 7.42. The zero-order valence-corrected chi connectivity index (χ0v) is 13.8. The lowest BCUT2D eigenvalue weighted by Crippen LogP contribution is -2.62. The summed E-state index contributed by atoms with van der Waals surface area (Å²) >= 11 is 0. The predicted molar refractivity (Wildman–Crippen MR) is 90.2 cm³/mol. The van der Waals surface area contributed by atoms with Gasteiger partial charge < -0.3 is 15.0 Å². The third kappa shape index (κ3) is 1.77. The monoisotopic (exact) mass is 310 g/mol. The molecular formula is C18H22N4O. The lowest BCUT2D eigenvalue weighted by atomic mass is 9.99. The van der Waals surface area contributed by atoms with Crippen molar-refractivity contribution < 1.29 is 4.74 Å². The maximum Gasteiger partial charge on any atom is 0.225 e. The molecule has 0 spiro atoms. The Morgan fingerprint density at radius 2 is 2.17 bits per heavy atom. The van der Waals surface area contributed by atoms with Crippen LogP contribution in [0.3, 0.4) is 0 Å². The van der Waals surface area contributed by atoms with Crippen LogP contribution in [0.4, 0.5) is 5.82 Å². The standard InChI is InChI=1S/C18H22N4O/c1-9-10(2)20-17-15-13(9)6-7-19-18(15)23-11(3)16-14-5-4-12(21-14)8-22(16)17/h6-7,11-12,14,16,21H,4-5,8H2,1-3H3. The van der Waals surface area contributed by atoms with Crippen molar-refractivity contribution in [2.24, 2.45) is 0 Å². The molecule has 3 aliphatic heterocycles. The Hall–Kier alpha value is -1.88. The van der Waals surface area contributed by atoms with E-state index < -0.39 is 0 Å². The van der Waals surface area contributed by atoms with Crippen LogP contribution in [0.15, 0.2) is 12.3 Å². The second-order valence-corrected chi connectivity index (χ2v) is 7.20. The molecule has 5 nitrogen and oxygen atoms in total. The first-order chi connectivity index (χ1) is 11.1. The highest BCUT2D eigenvalue weighted by atomic mass is 16.5. The van der Waals surface area contributed by atoms with E-state index in [1.807, 2.05) is 6.20 Å². The summed E-state index contributed by atoms with van der Waals surface area (Å²) in [4.78, 5) is 12.0. The molecule has 1 N–H and O–H groups in total. The number of pyridine rings is 2. The molecule has 4 unspecified atom stereocenters. The molecular weight excluding hydrogens is 288 g/mol. The van der Waals surface area contributed by atoms with Gasteiger partial charge in [0, 0.05) is 30.5 Å². The number of hydrogen-bond acceptors (Lipinski definition) is 5. The van der Waals surface area contributed by atoms with E-state index in [1.165, 1.54) is 23.8 Å². The number of aryl methyl sites for hydroxylation is 2. The Labute approximate surface area is 136 Å². The molecule has 2 saturated heterocycles.